The van der Waals surface area contributed by atoms with Crippen molar-refractivity contribution in [1.82, 2.24) is 0 Å². The summed E-state index contributed by atoms with van der Waals surface area (Å²) in [4.78, 5) is 0. The van der Waals surface area contributed by atoms with Crippen LogP contribution in [-0.2, 0) is 0 Å². The van der Waals surface area contributed by atoms with E-state index in [0.717, 1.165) is 5.56 Å². The number of nitrogens with two attached hydrogens (primary N) is 1. The van der Waals surface area contributed by atoms with Gasteiger partial charge in [-0.3, -0.25) is 0 Å². The lowest BCUT2D eigenvalue weighted by molar-refractivity contribution is 0.472. The number of phenols is 1. The third-order valence-corrected chi connectivity index (χ3v) is 2.02. The highest BCUT2D eigenvalue weighted by Gasteiger charge is 1.95. The Morgan fingerprint density at radius 3 is 2.50 bits per heavy atom. The predicted octanol–water partition coefficient (Wildman–Crippen LogP) is 2.08. The molecule has 0 aliphatic rings. The van der Waals surface area contributed by atoms with Crippen LogP contribution in [0, 0.1) is 0 Å². The Morgan fingerprint density at radius 1 is 1.50 bits per heavy atom. The number of halogens is 1. The molecule has 0 atom stereocenters. The Hall–Kier alpha value is -0.450. The number of rotatable bonds is 1. The van der Waals surface area contributed by atoms with Crippen LogP contribution in [0.3, 0.4) is 0 Å². The van der Waals surface area contributed by atoms with Crippen molar-refractivity contribution < 1.29 is 5.11 Å². The molecule has 0 bridgehead atoms. The molecule has 66 valence electrons. The zero-order valence-corrected chi connectivity index (χ0v) is 9.02. The zero-order valence-electron chi connectivity index (χ0n) is 6.62. The summed E-state index contributed by atoms with van der Waals surface area (Å²) in [7, 11) is 1.50. The minimum atomic E-state index is 0.237. The third-order valence-electron chi connectivity index (χ3n) is 1.11. The number of phenolic OH excluding ortho intramolecular Hbond substituents is 1. The van der Waals surface area contributed by atoms with E-state index >= 15 is 0 Å². The maximum atomic E-state index is 9.04. The maximum absolute atomic E-state index is 9.04. The first-order valence-corrected chi connectivity index (χ1v) is 4.52. The first kappa shape index (κ1) is 11.6. The van der Waals surface area contributed by atoms with E-state index in [0.29, 0.717) is 4.47 Å². The topological polar surface area (TPSA) is 46.2 Å². The minimum Gasteiger partial charge on any atom is -0.507 e. The molecule has 0 saturated heterocycles. The quantitative estimate of drug-likeness (QED) is 0.748. The first-order chi connectivity index (χ1) is 5.74. The van der Waals surface area contributed by atoms with Gasteiger partial charge in [0.2, 0.25) is 0 Å². The van der Waals surface area contributed by atoms with Gasteiger partial charge in [0, 0.05) is 5.37 Å². The van der Waals surface area contributed by atoms with Crippen LogP contribution < -0.4 is 5.73 Å². The standard InChI is InChI=1S/C7H5BrOS.CH5N/c8-6-3-5(4-10)1-2-7(6)9;1-2/h1-4,9H;2H2,1H3. The lowest BCUT2D eigenvalue weighted by atomic mass is 10.2. The van der Waals surface area contributed by atoms with Gasteiger partial charge in [-0.2, -0.15) is 0 Å². The van der Waals surface area contributed by atoms with Gasteiger partial charge in [0.15, 0.2) is 0 Å². The van der Waals surface area contributed by atoms with Gasteiger partial charge in [0.05, 0.1) is 4.47 Å². The molecule has 12 heavy (non-hydrogen) atoms. The smallest absolute Gasteiger partial charge is 0.129 e. The van der Waals surface area contributed by atoms with E-state index < -0.39 is 0 Å². The molecule has 0 aromatic heterocycles. The molecular formula is C8H10BrNOS. The summed E-state index contributed by atoms with van der Waals surface area (Å²) in [6.45, 7) is 0. The molecule has 0 saturated carbocycles. The molecular weight excluding hydrogens is 238 g/mol. The molecule has 4 heteroatoms. The SMILES string of the molecule is CN.Oc1ccc(C=S)cc1Br. The van der Waals surface area contributed by atoms with Crippen molar-refractivity contribution in [2.45, 2.75) is 0 Å². The average molecular weight is 248 g/mol. The van der Waals surface area contributed by atoms with Gasteiger partial charge in [-0.25, -0.2) is 0 Å². The molecule has 0 fully saturated rings. The van der Waals surface area contributed by atoms with Gasteiger partial charge in [-0.05, 0) is 40.7 Å². The second-order valence-corrected chi connectivity index (χ2v) is 2.92. The molecule has 0 aliphatic carbocycles. The van der Waals surface area contributed by atoms with Crippen LogP contribution >= 0.6 is 28.1 Å². The van der Waals surface area contributed by atoms with E-state index in [-0.39, 0.29) is 5.75 Å². The molecule has 0 amide bonds. The third kappa shape index (κ3) is 3.30. The van der Waals surface area contributed by atoms with E-state index in [2.05, 4.69) is 21.7 Å². The maximum Gasteiger partial charge on any atom is 0.129 e. The largest absolute Gasteiger partial charge is 0.507 e. The molecule has 0 radical (unpaired) electrons. The van der Waals surface area contributed by atoms with E-state index in [4.69, 9.17) is 17.3 Å². The molecule has 0 unspecified atom stereocenters. The van der Waals surface area contributed by atoms with Crippen LogP contribution in [0.2, 0.25) is 0 Å². The summed E-state index contributed by atoms with van der Waals surface area (Å²) in [5, 5.41) is 10.6. The summed E-state index contributed by atoms with van der Waals surface area (Å²) in [6.07, 6.45) is 0. The van der Waals surface area contributed by atoms with E-state index in [1.165, 1.54) is 7.05 Å². The average Bonchev–Trinajstić information content (AvgIpc) is 2.13. The van der Waals surface area contributed by atoms with Gasteiger partial charge in [0.25, 0.3) is 0 Å². The fraction of sp³-hybridized carbons (Fsp3) is 0.125. The van der Waals surface area contributed by atoms with Crippen LogP contribution in [0.25, 0.3) is 0 Å². The van der Waals surface area contributed by atoms with Crippen LogP contribution in [-0.4, -0.2) is 17.5 Å². The normalized spacial score (nSPS) is 8.25. The molecule has 1 aromatic carbocycles. The summed E-state index contributed by atoms with van der Waals surface area (Å²) < 4.78 is 0.672. The van der Waals surface area contributed by atoms with Crippen LogP contribution in [0.5, 0.6) is 5.75 Å². The lowest BCUT2D eigenvalue weighted by Gasteiger charge is -1.95. The fourth-order valence-corrected chi connectivity index (χ4v) is 1.14. The van der Waals surface area contributed by atoms with Crippen molar-refractivity contribution in [2.75, 3.05) is 7.05 Å². The highest BCUT2D eigenvalue weighted by atomic mass is 79.9. The van der Waals surface area contributed by atoms with Gasteiger partial charge >= 0.3 is 0 Å². The number of thiocarbonyl (C=S) groups is 1. The Balaban J connectivity index is 0.000000561. The summed E-state index contributed by atoms with van der Waals surface area (Å²) in [6, 6.07) is 5.12. The molecule has 1 rings (SSSR count). The molecule has 0 aliphatic heterocycles. The van der Waals surface area contributed by atoms with Crippen molar-refractivity contribution in [1.29, 1.82) is 0 Å². The molecule has 0 spiro atoms. The number of benzene rings is 1. The van der Waals surface area contributed by atoms with Gasteiger partial charge in [-0.15, -0.1) is 0 Å². The number of hydrogen-bond donors (Lipinski definition) is 2. The van der Waals surface area contributed by atoms with Gasteiger partial charge in [-0.1, -0.05) is 18.3 Å². The van der Waals surface area contributed by atoms with Crippen molar-refractivity contribution in [2.24, 2.45) is 5.73 Å². The van der Waals surface area contributed by atoms with Crippen LogP contribution in [0.4, 0.5) is 0 Å². The van der Waals surface area contributed by atoms with Crippen molar-refractivity contribution in [3.05, 3.63) is 28.2 Å². The fourth-order valence-electron chi connectivity index (χ4n) is 0.596. The highest BCUT2D eigenvalue weighted by Crippen LogP contribution is 2.23. The molecule has 3 N–H and O–H groups in total. The van der Waals surface area contributed by atoms with Crippen molar-refractivity contribution >= 4 is 33.5 Å². The highest BCUT2D eigenvalue weighted by molar-refractivity contribution is 9.10. The number of aromatic hydroxyl groups is 1. The molecule has 1 aromatic rings. The molecule has 2 nitrogen and oxygen atoms in total. The predicted molar refractivity (Wildman–Crippen MR) is 58.7 cm³/mol. The van der Waals surface area contributed by atoms with Gasteiger partial charge in [0.1, 0.15) is 5.75 Å². The van der Waals surface area contributed by atoms with Crippen LogP contribution in [0.1, 0.15) is 5.56 Å². The minimum absolute atomic E-state index is 0.237. The van der Waals surface area contributed by atoms with Crippen molar-refractivity contribution in [3.63, 3.8) is 0 Å². The van der Waals surface area contributed by atoms with Gasteiger partial charge < -0.3 is 10.8 Å². The van der Waals surface area contributed by atoms with Crippen LogP contribution in [0.15, 0.2) is 22.7 Å². The first-order valence-electron chi connectivity index (χ1n) is 3.25. The Morgan fingerprint density at radius 2 is 2.08 bits per heavy atom. The number of hydrogen-bond acceptors (Lipinski definition) is 3. The zero-order chi connectivity index (χ0) is 9.56. The Labute approximate surface area is 85.5 Å². The summed E-state index contributed by atoms with van der Waals surface area (Å²) in [5.74, 6) is 0.237. The lowest BCUT2D eigenvalue weighted by Crippen LogP contribution is -1.76. The monoisotopic (exact) mass is 247 g/mol. The van der Waals surface area contributed by atoms with E-state index in [1.54, 1.807) is 23.6 Å². The van der Waals surface area contributed by atoms with E-state index in [9.17, 15) is 0 Å². The summed E-state index contributed by atoms with van der Waals surface area (Å²) in [5.41, 5.74) is 5.42. The summed E-state index contributed by atoms with van der Waals surface area (Å²) >= 11 is 7.86. The van der Waals surface area contributed by atoms with E-state index in [1.807, 2.05) is 0 Å². The van der Waals surface area contributed by atoms with Crippen molar-refractivity contribution in [3.8, 4) is 5.75 Å². The second-order valence-electron chi connectivity index (χ2n) is 1.83. The second kappa shape index (κ2) is 6.11. The molecule has 0 heterocycles. The Kier molecular flexibility index (Phi) is 5.88. The Bertz CT molecular complexity index is 265.